The van der Waals surface area contributed by atoms with E-state index in [9.17, 15) is 0 Å². The molecule has 0 rings (SSSR count). The Morgan fingerprint density at radius 3 is 1.57 bits per heavy atom. The minimum absolute atomic E-state index is 0. The predicted octanol–water partition coefficient (Wildman–Crippen LogP) is -4.05. The fourth-order valence-corrected chi connectivity index (χ4v) is 0. The van der Waals surface area contributed by atoms with Crippen molar-refractivity contribution < 1.29 is 101 Å². The molecule has 3 nitrogen and oxygen atoms in total. The van der Waals surface area contributed by atoms with Gasteiger partial charge in [-0.2, -0.15) is 7.05 Å². The molecule has 0 fully saturated rings. The van der Waals surface area contributed by atoms with Gasteiger partial charge in [0.2, 0.25) is 0 Å². The average Bonchev–Trinajstić information content (AvgIpc) is 1.46. The van der Waals surface area contributed by atoms with Crippen LogP contribution in [-0.4, -0.2) is 13.5 Å². The molecule has 0 amide bonds. The smallest absolute Gasteiger partial charge is 0.794 e. The van der Waals surface area contributed by atoms with E-state index in [1.165, 1.54) is 7.05 Å². The van der Waals surface area contributed by atoms with Crippen LogP contribution in [0.1, 0.15) is 0 Å². The van der Waals surface area contributed by atoms with Gasteiger partial charge in [0.1, 0.15) is 0 Å². The maximum Gasteiger partial charge on any atom is 1.00 e. The van der Waals surface area contributed by atoms with Crippen LogP contribution in [0, 0.1) is 0 Å². The number of carbonyl (C=O) groups excluding carboxylic acids is 1. The van der Waals surface area contributed by atoms with Crippen LogP contribution in [0.25, 0.3) is 5.73 Å². The average molecular weight is 248 g/mol. The zero-order valence-corrected chi connectivity index (χ0v) is 12.1. The molecule has 0 aliphatic heterocycles. The monoisotopic (exact) mass is 248 g/mol. The predicted molar refractivity (Wildman–Crippen MR) is 15.9 cm³/mol. The van der Waals surface area contributed by atoms with Gasteiger partial charge in [0, 0.05) is 32.7 Å². The third kappa shape index (κ3) is 61.2. The quantitative estimate of drug-likeness (QED) is 0.410. The Labute approximate surface area is 117 Å². The topological polar surface area (TPSA) is 63.9 Å². The zero-order chi connectivity index (χ0) is 4.71. The Morgan fingerprint density at radius 1 is 1.57 bits per heavy atom. The Kier molecular flexibility index (Phi) is 131. The molecule has 0 saturated heterocycles. The summed E-state index contributed by atoms with van der Waals surface area (Å²) in [6, 6.07) is 0. The van der Waals surface area contributed by atoms with Crippen molar-refractivity contribution in [3.05, 3.63) is 5.73 Å². The van der Waals surface area contributed by atoms with Gasteiger partial charge < -0.3 is 22.1 Å². The molecule has 0 bridgehead atoms. The van der Waals surface area contributed by atoms with E-state index in [1.807, 2.05) is 0 Å². The largest absolute Gasteiger partial charge is 1.00 e. The Morgan fingerprint density at radius 2 is 1.57 bits per heavy atom. The van der Waals surface area contributed by atoms with Crippen molar-refractivity contribution in [2.75, 3.05) is 7.05 Å². The van der Waals surface area contributed by atoms with Crippen molar-refractivity contribution in [2.45, 2.75) is 0 Å². The standard InChI is InChI=1S/CH4N.CO2.Rb.Y/c1-2;2-1-3;;/h2H,1H3;;;/q-1;-2;+1;. The molecule has 5 heteroatoms. The molecule has 0 heterocycles. The van der Waals surface area contributed by atoms with E-state index < -0.39 is 0 Å². The fraction of sp³-hybridized carbons (Fsp3) is 0.500. The number of nitrogens with one attached hydrogen (secondary N) is 1. The molecule has 35 valence electrons. The SMILES string of the molecule is C[NH-].O=[C-][O-].[Rb+].[Y]. The molecule has 0 aromatic heterocycles. The minimum atomic E-state index is 0. The van der Waals surface area contributed by atoms with Crippen molar-refractivity contribution in [3.8, 4) is 0 Å². The van der Waals surface area contributed by atoms with Crippen molar-refractivity contribution >= 4 is 6.47 Å². The van der Waals surface area contributed by atoms with E-state index in [0.717, 1.165) is 0 Å². The summed E-state index contributed by atoms with van der Waals surface area (Å²) < 4.78 is 0. The molecule has 0 atom stereocenters. The zero-order valence-electron chi connectivity index (χ0n) is 4.39. The molecule has 0 spiro atoms. The summed E-state index contributed by atoms with van der Waals surface area (Å²) in [6.45, 7) is 0.250. The summed E-state index contributed by atoms with van der Waals surface area (Å²) in [7, 11) is 1.25. The van der Waals surface area contributed by atoms with Crippen LogP contribution in [0.15, 0.2) is 0 Å². The second kappa shape index (κ2) is 40.3. The third-order valence-electron chi connectivity index (χ3n) is 0. The number of hydrogen-bond donors (Lipinski definition) is 0. The third-order valence-corrected chi connectivity index (χ3v) is 0. The maximum absolute atomic E-state index is 8.12. The van der Waals surface area contributed by atoms with E-state index in [1.54, 1.807) is 0 Å². The number of rotatable bonds is 0. The Hall–Kier alpha value is 2.34. The van der Waals surface area contributed by atoms with E-state index in [0.29, 0.717) is 0 Å². The Bertz CT molecular complexity index is 23.2. The molecule has 7 heavy (non-hydrogen) atoms. The molecular weight excluding hydrogens is 244 g/mol. The van der Waals surface area contributed by atoms with E-state index >= 15 is 0 Å². The second-order valence-corrected chi connectivity index (χ2v) is 0.0833. The summed E-state index contributed by atoms with van der Waals surface area (Å²) in [5, 5.41) is 8.12. The van der Waals surface area contributed by atoms with Gasteiger partial charge in [-0.05, 0) is 0 Å². The van der Waals surface area contributed by atoms with E-state index in [-0.39, 0.29) is 97.4 Å². The normalized spacial score (nSPS) is 2.57. The summed E-state index contributed by atoms with van der Waals surface area (Å²) >= 11 is 0. The van der Waals surface area contributed by atoms with Crippen molar-refractivity contribution in [2.24, 2.45) is 0 Å². The van der Waals surface area contributed by atoms with Crippen LogP contribution in [-0.2, 0) is 37.5 Å². The van der Waals surface area contributed by atoms with Gasteiger partial charge >= 0.3 is 58.2 Å². The van der Waals surface area contributed by atoms with Gasteiger partial charge in [-0.25, -0.2) is 0 Å². The second-order valence-electron chi connectivity index (χ2n) is 0.0833. The molecule has 1 N–H and O–H groups in total. The van der Waals surface area contributed by atoms with Gasteiger partial charge in [0.25, 0.3) is 0 Å². The summed E-state index contributed by atoms with van der Waals surface area (Å²) in [5.74, 6) is 0. The first-order chi connectivity index (χ1) is 2.41. The molecule has 0 aromatic carbocycles. The first kappa shape index (κ1) is 22.8. The van der Waals surface area contributed by atoms with Gasteiger partial charge in [0.15, 0.2) is 0 Å². The first-order valence-corrected chi connectivity index (χ1v) is 0.908. The molecule has 0 aromatic rings. The van der Waals surface area contributed by atoms with Gasteiger partial charge in [-0.1, -0.05) is 0 Å². The van der Waals surface area contributed by atoms with Crippen molar-refractivity contribution in [1.29, 1.82) is 0 Å². The van der Waals surface area contributed by atoms with E-state index in [2.05, 4.69) is 0 Å². The van der Waals surface area contributed by atoms with Crippen LogP contribution in [0.4, 0.5) is 0 Å². The van der Waals surface area contributed by atoms with Gasteiger partial charge in [-0.3, -0.25) is 0 Å². The van der Waals surface area contributed by atoms with Crippen LogP contribution in [0.3, 0.4) is 0 Å². The molecule has 0 aliphatic carbocycles. The van der Waals surface area contributed by atoms with Gasteiger partial charge in [-0.15, -0.1) is 0 Å². The minimum Gasteiger partial charge on any atom is -0.794 e. The molecule has 0 saturated carbocycles. The molecular formula is C2H4NO2RbY-2. The van der Waals surface area contributed by atoms with Crippen LogP contribution in [0.2, 0.25) is 0 Å². The van der Waals surface area contributed by atoms with Crippen LogP contribution < -0.4 is 63.3 Å². The van der Waals surface area contributed by atoms with E-state index in [4.69, 9.17) is 15.6 Å². The fourth-order valence-electron chi connectivity index (χ4n) is 0. The first-order valence-electron chi connectivity index (χ1n) is 0.908. The Balaban J connectivity index is -0.0000000105. The van der Waals surface area contributed by atoms with Gasteiger partial charge in [0.05, 0.1) is 0 Å². The molecule has 1 radical (unpaired) electrons. The van der Waals surface area contributed by atoms with Crippen molar-refractivity contribution in [1.82, 2.24) is 0 Å². The summed E-state index contributed by atoms with van der Waals surface area (Å²) in [4.78, 5) is 8.12. The van der Waals surface area contributed by atoms with Crippen LogP contribution >= 0.6 is 0 Å². The maximum atomic E-state index is 8.12. The van der Waals surface area contributed by atoms with Crippen LogP contribution in [0.5, 0.6) is 0 Å². The number of hydrogen-bond acceptors (Lipinski definition) is 2. The van der Waals surface area contributed by atoms with Crippen molar-refractivity contribution in [3.63, 3.8) is 0 Å². The molecule has 0 aliphatic rings. The summed E-state index contributed by atoms with van der Waals surface area (Å²) in [6.07, 6.45) is 0. The molecule has 0 unspecified atom stereocenters. The summed E-state index contributed by atoms with van der Waals surface area (Å²) in [5.41, 5.74) is 5.75.